The lowest BCUT2D eigenvalue weighted by Gasteiger charge is -2.25. The second-order valence-corrected chi connectivity index (χ2v) is 8.45. The molecule has 5 rings (SSSR count). The Kier molecular flexibility index (Phi) is 5.47. The third-order valence-electron chi connectivity index (χ3n) is 6.50. The summed E-state index contributed by atoms with van der Waals surface area (Å²) < 4.78 is 6.04. The molecule has 0 saturated carbocycles. The number of benzene rings is 2. The van der Waals surface area contributed by atoms with Crippen LogP contribution in [0, 0.1) is 10.1 Å². The summed E-state index contributed by atoms with van der Waals surface area (Å²) in [5.74, 6) is 1.39. The molecule has 0 N–H and O–H groups in total. The summed E-state index contributed by atoms with van der Waals surface area (Å²) in [5, 5.41) is 11.3. The van der Waals surface area contributed by atoms with Crippen molar-refractivity contribution < 1.29 is 9.34 Å². The quantitative estimate of drug-likeness (QED) is 0.375. The maximum absolute atomic E-state index is 11.3. The fourth-order valence-corrected chi connectivity index (χ4v) is 4.92. The Balaban J connectivity index is 1.31. The number of nitrogens with zero attached hydrogens (tertiary/aromatic N) is 3. The maximum atomic E-state index is 11.3. The first-order valence-electron chi connectivity index (χ1n) is 11.1. The fourth-order valence-electron chi connectivity index (χ4n) is 4.92. The summed E-state index contributed by atoms with van der Waals surface area (Å²) in [4.78, 5) is 15.9. The first-order chi connectivity index (χ1) is 15.2. The van der Waals surface area contributed by atoms with E-state index in [1.807, 2.05) is 12.1 Å². The van der Waals surface area contributed by atoms with E-state index in [2.05, 4.69) is 34.1 Å². The van der Waals surface area contributed by atoms with Crippen molar-refractivity contribution in [3.8, 4) is 11.3 Å². The van der Waals surface area contributed by atoms with Gasteiger partial charge in [0.05, 0.1) is 17.0 Å². The molecular weight excluding hydrogens is 390 g/mol. The molecule has 0 spiro atoms. The zero-order valence-corrected chi connectivity index (χ0v) is 17.6. The van der Waals surface area contributed by atoms with Crippen molar-refractivity contribution in [2.75, 3.05) is 24.5 Å². The molecule has 31 heavy (non-hydrogen) atoms. The van der Waals surface area contributed by atoms with Gasteiger partial charge in [-0.3, -0.25) is 15.0 Å². The summed E-state index contributed by atoms with van der Waals surface area (Å²) in [6.45, 7) is 4.06. The van der Waals surface area contributed by atoms with Gasteiger partial charge in [0, 0.05) is 30.9 Å². The van der Waals surface area contributed by atoms with Crippen LogP contribution < -0.4 is 4.90 Å². The van der Waals surface area contributed by atoms with E-state index in [0.717, 1.165) is 38.2 Å². The average molecular weight is 418 g/mol. The molecule has 1 aromatic heterocycles. The van der Waals surface area contributed by atoms with Crippen molar-refractivity contribution in [3.05, 3.63) is 82.1 Å². The predicted octanol–water partition coefficient (Wildman–Crippen LogP) is 5.79. The smallest absolute Gasteiger partial charge is 0.280 e. The molecule has 160 valence electrons. The number of likely N-dealkylation sites (tertiary alicyclic amines) is 1. The molecule has 3 heterocycles. The van der Waals surface area contributed by atoms with Gasteiger partial charge in [-0.15, -0.1) is 0 Å². The molecule has 2 fully saturated rings. The minimum Gasteiger partial charge on any atom is -0.459 e. The van der Waals surface area contributed by atoms with Crippen LogP contribution in [0.15, 0.2) is 65.1 Å². The van der Waals surface area contributed by atoms with E-state index in [1.54, 1.807) is 18.2 Å². The Morgan fingerprint density at radius 2 is 1.71 bits per heavy atom. The van der Waals surface area contributed by atoms with Crippen molar-refractivity contribution in [2.45, 2.75) is 38.3 Å². The maximum Gasteiger partial charge on any atom is 0.280 e. The zero-order chi connectivity index (χ0) is 21.2. The van der Waals surface area contributed by atoms with Gasteiger partial charge in [-0.05, 0) is 68.1 Å². The lowest BCUT2D eigenvalue weighted by atomic mass is 10.0. The molecule has 1 atom stereocenters. The number of nitro groups is 1. The highest BCUT2D eigenvalue weighted by atomic mass is 16.6. The summed E-state index contributed by atoms with van der Waals surface area (Å²) in [5.41, 5.74) is 3.27. The Morgan fingerprint density at radius 1 is 0.935 bits per heavy atom. The van der Waals surface area contributed by atoms with Crippen molar-refractivity contribution >= 4 is 11.4 Å². The highest BCUT2D eigenvalue weighted by Gasteiger charge is 2.27. The second kappa shape index (κ2) is 8.55. The van der Waals surface area contributed by atoms with Gasteiger partial charge in [-0.1, -0.05) is 24.3 Å². The number of para-hydroxylation sites is 1. The van der Waals surface area contributed by atoms with Crippen LogP contribution in [-0.2, 0) is 6.54 Å². The number of hydrogen-bond donors (Lipinski definition) is 0. The molecule has 2 aromatic carbocycles. The molecule has 2 saturated heterocycles. The van der Waals surface area contributed by atoms with Crippen LogP contribution in [0.25, 0.3) is 11.3 Å². The van der Waals surface area contributed by atoms with Crippen LogP contribution in [0.2, 0.25) is 0 Å². The van der Waals surface area contributed by atoms with Crippen LogP contribution in [0.5, 0.6) is 0 Å². The number of hydrogen-bond acceptors (Lipinski definition) is 5. The minimum atomic E-state index is -0.361. The van der Waals surface area contributed by atoms with E-state index in [4.69, 9.17) is 4.42 Å². The van der Waals surface area contributed by atoms with Crippen LogP contribution in [0.1, 0.15) is 43.0 Å². The third kappa shape index (κ3) is 4.08. The fraction of sp³-hybridized carbons (Fsp3) is 0.360. The topological polar surface area (TPSA) is 62.8 Å². The molecule has 2 aliphatic heterocycles. The molecule has 1 unspecified atom stereocenters. The third-order valence-corrected chi connectivity index (χ3v) is 6.50. The van der Waals surface area contributed by atoms with Gasteiger partial charge in [-0.25, -0.2) is 0 Å². The first-order valence-corrected chi connectivity index (χ1v) is 11.1. The zero-order valence-electron chi connectivity index (χ0n) is 17.6. The number of nitro benzene ring substituents is 1. The number of rotatable bonds is 6. The average Bonchev–Trinajstić information content (AvgIpc) is 3.56. The standard InChI is InChI=1S/C25H27N3O3/c29-28(30)24-7-2-1-6-22(24)25-14-13-21(31-25)18-27-17-5-8-23(27)19-9-11-20(12-10-19)26-15-3-4-16-26/h1-2,6-7,9-14,23H,3-5,8,15-18H2. The van der Waals surface area contributed by atoms with Crippen LogP contribution >= 0.6 is 0 Å². The van der Waals surface area contributed by atoms with Gasteiger partial charge in [0.25, 0.3) is 5.69 Å². The van der Waals surface area contributed by atoms with Gasteiger partial charge >= 0.3 is 0 Å². The number of anilines is 1. The summed E-state index contributed by atoms with van der Waals surface area (Å²) in [7, 11) is 0. The summed E-state index contributed by atoms with van der Waals surface area (Å²) >= 11 is 0. The van der Waals surface area contributed by atoms with Gasteiger partial charge in [-0.2, -0.15) is 0 Å². The number of furan rings is 1. The SMILES string of the molecule is O=[N+]([O-])c1ccccc1-c1ccc(CN2CCCC2c2ccc(N3CCCC3)cc2)o1. The van der Waals surface area contributed by atoms with E-state index in [0.29, 0.717) is 23.9 Å². The van der Waals surface area contributed by atoms with Gasteiger partial charge in [0.15, 0.2) is 0 Å². The summed E-state index contributed by atoms with van der Waals surface area (Å²) in [6.07, 6.45) is 4.88. The molecule has 0 aliphatic carbocycles. The highest BCUT2D eigenvalue weighted by Crippen LogP contribution is 2.36. The van der Waals surface area contributed by atoms with Gasteiger partial charge in [0.2, 0.25) is 0 Å². The largest absolute Gasteiger partial charge is 0.459 e. The molecule has 6 nitrogen and oxygen atoms in total. The van der Waals surface area contributed by atoms with Crippen molar-refractivity contribution in [1.29, 1.82) is 0 Å². The molecule has 0 bridgehead atoms. The summed E-state index contributed by atoms with van der Waals surface area (Å²) in [6, 6.07) is 20.0. The molecule has 3 aromatic rings. The monoisotopic (exact) mass is 417 g/mol. The molecule has 6 heteroatoms. The highest BCUT2D eigenvalue weighted by molar-refractivity contribution is 5.69. The van der Waals surface area contributed by atoms with Gasteiger partial charge < -0.3 is 9.32 Å². The Bertz CT molecular complexity index is 1050. The lowest BCUT2D eigenvalue weighted by molar-refractivity contribution is -0.384. The first kappa shape index (κ1) is 19.8. The minimum absolute atomic E-state index is 0.0699. The Hall–Kier alpha value is -3.12. The van der Waals surface area contributed by atoms with Crippen LogP contribution in [0.4, 0.5) is 11.4 Å². The lowest BCUT2D eigenvalue weighted by Crippen LogP contribution is -2.22. The normalized spacial score (nSPS) is 19.2. The van der Waals surface area contributed by atoms with E-state index >= 15 is 0 Å². The van der Waals surface area contributed by atoms with Gasteiger partial charge in [0.1, 0.15) is 11.5 Å². The van der Waals surface area contributed by atoms with E-state index < -0.39 is 0 Å². The van der Waals surface area contributed by atoms with E-state index in [1.165, 1.54) is 30.2 Å². The second-order valence-electron chi connectivity index (χ2n) is 8.45. The van der Waals surface area contributed by atoms with Crippen molar-refractivity contribution in [3.63, 3.8) is 0 Å². The molecular formula is C25H27N3O3. The Labute approximate surface area is 182 Å². The van der Waals surface area contributed by atoms with E-state index in [-0.39, 0.29) is 10.6 Å². The molecule has 0 radical (unpaired) electrons. The van der Waals surface area contributed by atoms with Crippen LogP contribution in [0.3, 0.4) is 0 Å². The Morgan fingerprint density at radius 3 is 2.48 bits per heavy atom. The van der Waals surface area contributed by atoms with Crippen molar-refractivity contribution in [2.24, 2.45) is 0 Å². The van der Waals surface area contributed by atoms with E-state index in [9.17, 15) is 10.1 Å². The molecule has 2 aliphatic rings. The van der Waals surface area contributed by atoms with Crippen molar-refractivity contribution in [1.82, 2.24) is 4.90 Å². The molecule has 0 amide bonds. The predicted molar refractivity (Wildman–Crippen MR) is 121 cm³/mol. The van der Waals surface area contributed by atoms with Crippen LogP contribution in [-0.4, -0.2) is 29.5 Å².